The number of rotatable bonds is 6. The van der Waals surface area contributed by atoms with Crippen LogP contribution >= 0.6 is 11.3 Å². The Labute approximate surface area is 255 Å². The van der Waals surface area contributed by atoms with Crippen LogP contribution in [0.2, 0.25) is 0 Å². The van der Waals surface area contributed by atoms with Crippen molar-refractivity contribution in [3.63, 3.8) is 0 Å². The summed E-state index contributed by atoms with van der Waals surface area (Å²) in [6.07, 6.45) is 0. The van der Waals surface area contributed by atoms with Gasteiger partial charge in [0.15, 0.2) is 0 Å². The lowest BCUT2D eigenvalue weighted by Crippen LogP contribution is -2.09. The van der Waals surface area contributed by atoms with E-state index in [9.17, 15) is 0 Å². The van der Waals surface area contributed by atoms with E-state index in [1.807, 2.05) is 11.3 Å². The zero-order chi connectivity index (χ0) is 28.6. The second kappa shape index (κ2) is 10.8. The fourth-order valence-corrected chi connectivity index (χ4v) is 6.95. The van der Waals surface area contributed by atoms with E-state index >= 15 is 0 Å². The van der Waals surface area contributed by atoms with E-state index < -0.39 is 0 Å². The van der Waals surface area contributed by atoms with Gasteiger partial charge in [-0.25, -0.2) is 0 Å². The van der Waals surface area contributed by atoms with Crippen molar-refractivity contribution in [3.8, 4) is 11.1 Å². The maximum Gasteiger partial charge on any atom is 0.0468 e. The van der Waals surface area contributed by atoms with E-state index in [2.05, 4.69) is 174 Å². The van der Waals surface area contributed by atoms with Gasteiger partial charge in [-0.3, -0.25) is 0 Å². The first kappa shape index (κ1) is 25.3. The van der Waals surface area contributed by atoms with Gasteiger partial charge in [-0.05, 0) is 94.7 Å². The van der Waals surface area contributed by atoms with Crippen molar-refractivity contribution in [2.75, 3.05) is 10.2 Å². The molecule has 3 heteroatoms. The van der Waals surface area contributed by atoms with Crippen LogP contribution < -0.4 is 10.2 Å². The fourth-order valence-electron chi connectivity index (χ4n) is 5.86. The Morgan fingerprint density at radius 1 is 0.395 bits per heavy atom. The Kier molecular flexibility index (Phi) is 6.36. The highest BCUT2D eigenvalue weighted by Crippen LogP contribution is 2.41. The number of hydrogen-bond acceptors (Lipinski definition) is 3. The minimum Gasteiger partial charge on any atom is -0.356 e. The summed E-state index contributed by atoms with van der Waals surface area (Å²) in [5.74, 6) is 0. The summed E-state index contributed by atoms with van der Waals surface area (Å²) in [7, 11) is 0. The Bertz CT molecular complexity index is 2200. The molecule has 8 rings (SSSR count). The van der Waals surface area contributed by atoms with Crippen molar-refractivity contribution in [2.24, 2.45) is 0 Å². The van der Waals surface area contributed by atoms with Crippen molar-refractivity contribution in [1.82, 2.24) is 0 Å². The zero-order valence-electron chi connectivity index (χ0n) is 23.4. The normalized spacial score (nSPS) is 11.3. The largest absolute Gasteiger partial charge is 0.356 e. The quantitative estimate of drug-likeness (QED) is 0.215. The van der Waals surface area contributed by atoms with E-state index in [0.29, 0.717) is 0 Å². The predicted molar refractivity (Wildman–Crippen MR) is 187 cm³/mol. The monoisotopic (exact) mass is 568 g/mol. The summed E-state index contributed by atoms with van der Waals surface area (Å²) in [5.41, 5.74) is 7.92. The van der Waals surface area contributed by atoms with Gasteiger partial charge in [0.05, 0.1) is 0 Å². The first-order valence-electron chi connectivity index (χ1n) is 14.5. The third-order valence-electron chi connectivity index (χ3n) is 8.01. The summed E-state index contributed by atoms with van der Waals surface area (Å²) in [4.78, 5) is 2.35. The summed E-state index contributed by atoms with van der Waals surface area (Å²) >= 11 is 1.85. The molecule has 1 N–H and O–H groups in total. The fraction of sp³-hybridized carbons (Fsp3) is 0. The second-order valence-corrected chi connectivity index (χ2v) is 11.8. The highest BCUT2D eigenvalue weighted by Gasteiger charge is 2.15. The standard InChI is InChI=1S/C40H28N2S/c1-2-8-28(9-3-1)30-15-20-34(21-16-30)42(36-24-25-40-38(27-36)37-12-6-7-13-39(37)43-40)35-22-18-32(19-23-35)41-33-17-14-29-10-4-5-11-31(29)26-33/h1-27,41H. The molecular formula is C40H28N2S. The Morgan fingerprint density at radius 2 is 1.00 bits per heavy atom. The van der Waals surface area contributed by atoms with Gasteiger partial charge in [0.2, 0.25) is 0 Å². The Morgan fingerprint density at radius 3 is 1.81 bits per heavy atom. The van der Waals surface area contributed by atoms with Gasteiger partial charge in [0.1, 0.15) is 0 Å². The van der Waals surface area contributed by atoms with E-state index in [1.165, 1.54) is 42.1 Å². The van der Waals surface area contributed by atoms with Gasteiger partial charge < -0.3 is 10.2 Å². The molecule has 0 unspecified atom stereocenters. The molecule has 0 saturated heterocycles. The molecule has 0 atom stereocenters. The average Bonchev–Trinajstić information content (AvgIpc) is 3.44. The van der Waals surface area contributed by atoms with Gasteiger partial charge in [-0.1, -0.05) is 91.0 Å². The molecule has 0 bridgehead atoms. The Hall–Kier alpha value is -5.38. The smallest absolute Gasteiger partial charge is 0.0468 e. The third kappa shape index (κ3) is 4.90. The number of nitrogens with one attached hydrogen (secondary N) is 1. The van der Waals surface area contributed by atoms with E-state index in [4.69, 9.17) is 0 Å². The summed E-state index contributed by atoms with van der Waals surface area (Å²) in [6.45, 7) is 0. The molecule has 1 heterocycles. The first-order chi connectivity index (χ1) is 21.3. The van der Waals surface area contributed by atoms with Crippen molar-refractivity contribution in [3.05, 3.63) is 164 Å². The molecule has 2 nitrogen and oxygen atoms in total. The van der Waals surface area contributed by atoms with Crippen LogP contribution in [0.25, 0.3) is 42.1 Å². The topological polar surface area (TPSA) is 15.3 Å². The van der Waals surface area contributed by atoms with E-state index in [-0.39, 0.29) is 0 Å². The van der Waals surface area contributed by atoms with Crippen molar-refractivity contribution < 1.29 is 0 Å². The zero-order valence-corrected chi connectivity index (χ0v) is 24.3. The summed E-state index contributed by atoms with van der Waals surface area (Å²) in [6, 6.07) is 58.6. The number of fused-ring (bicyclic) bond motifs is 4. The van der Waals surface area contributed by atoms with E-state index in [1.54, 1.807) is 0 Å². The number of thiophene rings is 1. The lowest BCUT2D eigenvalue weighted by atomic mass is 10.0. The number of benzene rings is 7. The number of anilines is 5. The molecule has 0 fully saturated rings. The molecule has 43 heavy (non-hydrogen) atoms. The number of hydrogen-bond donors (Lipinski definition) is 1. The SMILES string of the molecule is c1ccc(-c2ccc(N(c3ccc(Nc4ccc5ccccc5c4)cc3)c3ccc4sc5ccccc5c4c3)cc2)cc1. The molecule has 204 valence electrons. The summed E-state index contributed by atoms with van der Waals surface area (Å²) < 4.78 is 2.62. The first-order valence-corrected chi connectivity index (χ1v) is 15.3. The van der Waals surface area contributed by atoms with Crippen LogP contribution in [-0.4, -0.2) is 0 Å². The molecular weight excluding hydrogens is 541 g/mol. The molecule has 1 aromatic heterocycles. The average molecular weight is 569 g/mol. The maximum absolute atomic E-state index is 3.59. The molecule has 7 aromatic carbocycles. The second-order valence-electron chi connectivity index (χ2n) is 10.8. The molecule has 0 aliphatic rings. The van der Waals surface area contributed by atoms with Gasteiger partial charge in [-0.15, -0.1) is 11.3 Å². The van der Waals surface area contributed by atoms with Gasteiger partial charge in [0, 0.05) is 48.6 Å². The molecule has 0 amide bonds. The van der Waals surface area contributed by atoms with E-state index in [0.717, 1.165) is 28.4 Å². The van der Waals surface area contributed by atoms with Gasteiger partial charge in [-0.2, -0.15) is 0 Å². The van der Waals surface area contributed by atoms with Crippen molar-refractivity contribution in [1.29, 1.82) is 0 Å². The molecule has 0 aliphatic carbocycles. The molecule has 0 saturated carbocycles. The van der Waals surface area contributed by atoms with Gasteiger partial charge >= 0.3 is 0 Å². The van der Waals surface area contributed by atoms with Crippen LogP contribution in [0.3, 0.4) is 0 Å². The van der Waals surface area contributed by atoms with Crippen molar-refractivity contribution >= 4 is 70.7 Å². The molecule has 0 radical (unpaired) electrons. The number of nitrogens with zero attached hydrogens (tertiary/aromatic N) is 1. The molecule has 8 aromatic rings. The van der Waals surface area contributed by atoms with Gasteiger partial charge in [0.25, 0.3) is 0 Å². The van der Waals surface area contributed by atoms with Crippen molar-refractivity contribution in [2.45, 2.75) is 0 Å². The lowest BCUT2D eigenvalue weighted by Gasteiger charge is -2.26. The molecule has 0 spiro atoms. The van der Waals surface area contributed by atoms with Crippen LogP contribution in [0.1, 0.15) is 0 Å². The van der Waals surface area contributed by atoms with Crippen LogP contribution in [-0.2, 0) is 0 Å². The van der Waals surface area contributed by atoms with Crippen LogP contribution in [0.15, 0.2) is 164 Å². The predicted octanol–water partition coefficient (Wildman–Crippen LogP) is 12.1. The minimum absolute atomic E-state index is 1.05. The minimum atomic E-state index is 1.05. The highest BCUT2D eigenvalue weighted by molar-refractivity contribution is 7.25. The van der Waals surface area contributed by atoms with Crippen LogP contribution in [0, 0.1) is 0 Å². The third-order valence-corrected chi connectivity index (χ3v) is 9.17. The van der Waals surface area contributed by atoms with Crippen LogP contribution in [0.5, 0.6) is 0 Å². The maximum atomic E-state index is 3.59. The lowest BCUT2D eigenvalue weighted by molar-refractivity contribution is 1.29. The highest BCUT2D eigenvalue weighted by atomic mass is 32.1. The Balaban J connectivity index is 1.18. The summed E-state index contributed by atoms with van der Waals surface area (Å²) in [5, 5.41) is 8.66. The molecule has 0 aliphatic heterocycles. The van der Waals surface area contributed by atoms with Crippen LogP contribution in [0.4, 0.5) is 28.4 Å².